The van der Waals surface area contributed by atoms with Crippen molar-refractivity contribution < 1.29 is 14.6 Å². The Morgan fingerprint density at radius 2 is 2.33 bits per heavy atom. The summed E-state index contributed by atoms with van der Waals surface area (Å²) < 4.78 is 11.1. The van der Waals surface area contributed by atoms with Crippen LogP contribution in [0.1, 0.15) is 25.8 Å². The van der Waals surface area contributed by atoms with Crippen molar-refractivity contribution in [3.05, 3.63) is 29.8 Å². The molecule has 1 fully saturated rings. The lowest BCUT2D eigenvalue weighted by Gasteiger charge is -2.30. The Kier molecular flexibility index (Phi) is 5.18. The van der Waals surface area contributed by atoms with E-state index in [0.29, 0.717) is 17.9 Å². The van der Waals surface area contributed by atoms with E-state index in [-0.39, 0.29) is 18.2 Å². The van der Waals surface area contributed by atoms with E-state index in [1.54, 1.807) is 24.3 Å². The maximum absolute atomic E-state index is 10.0. The fourth-order valence-electron chi connectivity index (χ4n) is 2.35. The van der Waals surface area contributed by atoms with E-state index in [4.69, 9.17) is 14.7 Å². The van der Waals surface area contributed by atoms with Crippen LogP contribution < -0.4 is 10.1 Å². The number of benzene rings is 1. The number of rotatable bonds is 6. The lowest BCUT2D eigenvalue weighted by atomic mass is 9.94. The van der Waals surface area contributed by atoms with E-state index in [1.165, 1.54) is 0 Å². The van der Waals surface area contributed by atoms with Gasteiger partial charge in [0.15, 0.2) is 0 Å². The summed E-state index contributed by atoms with van der Waals surface area (Å²) in [5.74, 6) is 0.503. The summed E-state index contributed by atoms with van der Waals surface area (Å²) in [7, 11) is 0. The molecular weight excluding hydrogens is 268 g/mol. The molecular formula is C16H22N2O3. The zero-order chi connectivity index (χ0) is 15.3. The molecule has 3 unspecified atom stereocenters. The number of nitrogens with one attached hydrogen (secondary N) is 1. The van der Waals surface area contributed by atoms with Crippen molar-refractivity contribution in [1.82, 2.24) is 5.32 Å². The van der Waals surface area contributed by atoms with Gasteiger partial charge in [-0.15, -0.1) is 0 Å². The van der Waals surface area contributed by atoms with E-state index in [9.17, 15) is 5.11 Å². The monoisotopic (exact) mass is 290 g/mol. The van der Waals surface area contributed by atoms with Crippen molar-refractivity contribution in [2.75, 3.05) is 19.8 Å². The highest BCUT2D eigenvalue weighted by Crippen LogP contribution is 2.24. The first kappa shape index (κ1) is 15.8. The fourth-order valence-corrected chi connectivity index (χ4v) is 2.35. The molecule has 2 rings (SSSR count). The van der Waals surface area contributed by atoms with Gasteiger partial charge in [-0.3, -0.25) is 0 Å². The third kappa shape index (κ3) is 3.94. The van der Waals surface area contributed by atoms with Gasteiger partial charge >= 0.3 is 0 Å². The first-order valence-electron chi connectivity index (χ1n) is 7.22. The normalized spacial score (nSPS) is 26.3. The number of ether oxygens (including phenoxy) is 2. The molecule has 1 aliphatic heterocycles. The molecule has 0 spiro atoms. The molecule has 0 radical (unpaired) electrons. The molecule has 0 amide bonds. The molecule has 2 N–H and O–H groups in total. The smallest absolute Gasteiger partial charge is 0.137 e. The largest absolute Gasteiger partial charge is 0.489 e. The Morgan fingerprint density at radius 3 is 3.00 bits per heavy atom. The van der Waals surface area contributed by atoms with Crippen molar-refractivity contribution >= 4 is 0 Å². The number of para-hydroxylation sites is 1. The molecule has 21 heavy (non-hydrogen) atoms. The van der Waals surface area contributed by atoms with Gasteiger partial charge in [0, 0.05) is 18.7 Å². The zero-order valence-corrected chi connectivity index (χ0v) is 12.5. The molecule has 0 aromatic heterocycles. The van der Waals surface area contributed by atoms with Gasteiger partial charge in [-0.2, -0.15) is 5.26 Å². The van der Waals surface area contributed by atoms with E-state index >= 15 is 0 Å². The van der Waals surface area contributed by atoms with E-state index < -0.39 is 6.10 Å². The molecule has 3 atom stereocenters. The van der Waals surface area contributed by atoms with Crippen LogP contribution in [0.25, 0.3) is 0 Å². The predicted molar refractivity (Wildman–Crippen MR) is 79.1 cm³/mol. The number of aliphatic hydroxyl groups is 1. The maximum atomic E-state index is 10.0. The summed E-state index contributed by atoms with van der Waals surface area (Å²) >= 11 is 0. The highest BCUT2D eigenvalue weighted by atomic mass is 16.5. The number of hydrogen-bond acceptors (Lipinski definition) is 5. The Balaban J connectivity index is 1.80. The van der Waals surface area contributed by atoms with Crippen molar-refractivity contribution in [2.45, 2.75) is 38.0 Å². The lowest BCUT2D eigenvalue weighted by Crippen LogP contribution is -2.51. The molecule has 1 saturated heterocycles. The second-order valence-electron chi connectivity index (χ2n) is 5.63. The second-order valence-corrected chi connectivity index (χ2v) is 5.63. The molecule has 0 bridgehead atoms. The molecule has 1 aromatic rings. The fraction of sp³-hybridized carbons (Fsp3) is 0.562. The average molecular weight is 290 g/mol. The number of nitrogens with zero attached hydrogens (tertiary/aromatic N) is 1. The summed E-state index contributed by atoms with van der Waals surface area (Å²) in [4.78, 5) is 0. The number of aliphatic hydroxyl groups excluding tert-OH is 1. The zero-order valence-electron chi connectivity index (χ0n) is 12.5. The van der Waals surface area contributed by atoms with Crippen molar-refractivity contribution in [1.29, 1.82) is 5.26 Å². The third-order valence-electron chi connectivity index (χ3n) is 4.07. The average Bonchev–Trinajstić information content (AvgIpc) is 2.83. The first-order chi connectivity index (χ1) is 10.0. The Morgan fingerprint density at radius 1 is 1.57 bits per heavy atom. The van der Waals surface area contributed by atoms with Crippen LogP contribution in [0.4, 0.5) is 0 Å². The molecule has 5 nitrogen and oxygen atoms in total. The summed E-state index contributed by atoms with van der Waals surface area (Å²) in [6, 6.07) is 9.08. The maximum Gasteiger partial charge on any atom is 0.137 e. The minimum atomic E-state index is -0.638. The molecule has 114 valence electrons. The number of β-amino-alcohol motifs (C(OH)–C–C–N with tert-alkyl or cyclic N) is 1. The topological polar surface area (TPSA) is 74.5 Å². The van der Waals surface area contributed by atoms with Crippen LogP contribution in [0.2, 0.25) is 0 Å². The molecule has 1 aliphatic rings. The quantitative estimate of drug-likeness (QED) is 0.829. The lowest BCUT2D eigenvalue weighted by molar-refractivity contribution is 0.0686. The Hall–Kier alpha value is -1.61. The van der Waals surface area contributed by atoms with Crippen LogP contribution in [0.15, 0.2) is 24.3 Å². The van der Waals surface area contributed by atoms with Crippen molar-refractivity contribution in [2.24, 2.45) is 0 Å². The molecule has 5 heteroatoms. The van der Waals surface area contributed by atoms with Crippen LogP contribution in [0, 0.1) is 11.3 Å². The molecule has 1 heterocycles. The highest BCUT2D eigenvalue weighted by molar-refractivity contribution is 5.42. The van der Waals surface area contributed by atoms with Gasteiger partial charge < -0.3 is 19.9 Å². The van der Waals surface area contributed by atoms with Gasteiger partial charge in [0.05, 0.1) is 11.7 Å². The van der Waals surface area contributed by atoms with Gasteiger partial charge in [0.2, 0.25) is 0 Å². The van der Waals surface area contributed by atoms with Crippen molar-refractivity contribution in [3.8, 4) is 11.8 Å². The minimum absolute atomic E-state index is 0.106. The van der Waals surface area contributed by atoms with Gasteiger partial charge in [-0.1, -0.05) is 12.1 Å². The van der Waals surface area contributed by atoms with Gasteiger partial charge in [0.25, 0.3) is 0 Å². The van der Waals surface area contributed by atoms with Gasteiger partial charge in [-0.05, 0) is 32.4 Å². The van der Waals surface area contributed by atoms with Crippen LogP contribution in [0.5, 0.6) is 5.75 Å². The third-order valence-corrected chi connectivity index (χ3v) is 4.07. The summed E-state index contributed by atoms with van der Waals surface area (Å²) in [5.41, 5.74) is 0.369. The standard InChI is InChI=1S/C16H22N2O3/c1-12-16(2,7-8-20-12)18-10-14(19)11-21-15-6-4-3-5-13(15)9-17/h3-6,12,14,18-19H,7-8,10-11H2,1-2H3. The molecule has 0 saturated carbocycles. The highest BCUT2D eigenvalue weighted by Gasteiger charge is 2.36. The number of hydrogen-bond donors (Lipinski definition) is 2. The van der Waals surface area contributed by atoms with Crippen molar-refractivity contribution in [3.63, 3.8) is 0 Å². The van der Waals surface area contributed by atoms with Crippen LogP contribution >= 0.6 is 0 Å². The van der Waals surface area contributed by atoms with E-state index in [2.05, 4.69) is 18.3 Å². The van der Waals surface area contributed by atoms with Gasteiger partial charge in [-0.25, -0.2) is 0 Å². The second kappa shape index (κ2) is 6.90. The summed E-state index contributed by atoms with van der Waals surface area (Å²) in [6.45, 7) is 5.46. The molecule has 1 aromatic carbocycles. The SMILES string of the molecule is CC1OCCC1(C)NCC(O)COc1ccccc1C#N. The minimum Gasteiger partial charge on any atom is -0.489 e. The first-order valence-corrected chi connectivity index (χ1v) is 7.22. The summed E-state index contributed by atoms with van der Waals surface area (Å²) in [6.07, 6.45) is 0.422. The van der Waals surface area contributed by atoms with Gasteiger partial charge in [0.1, 0.15) is 24.5 Å². The van der Waals surface area contributed by atoms with Crippen LogP contribution in [-0.4, -0.2) is 42.6 Å². The molecule has 0 aliphatic carbocycles. The van der Waals surface area contributed by atoms with Crippen LogP contribution in [0.3, 0.4) is 0 Å². The summed E-state index contributed by atoms with van der Waals surface area (Å²) in [5, 5.41) is 22.4. The predicted octanol–water partition coefficient (Wildman–Crippen LogP) is 1.46. The Labute approximate surface area is 125 Å². The Bertz CT molecular complexity index is 514. The van der Waals surface area contributed by atoms with E-state index in [1.807, 2.05) is 6.92 Å². The van der Waals surface area contributed by atoms with Crippen LogP contribution in [-0.2, 0) is 4.74 Å². The number of nitriles is 1. The van der Waals surface area contributed by atoms with E-state index in [0.717, 1.165) is 13.0 Å².